The molecule has 0 heterocycles. The minimum Gasteiger partial charge on any atom is -0.295 e. The molecular formula is C9H13N3O. The van der Waals surface area contributed by atoms with E-state index in [9.17, 15) is 4.79 Å². The lowest BCUT2D eigenvalue weighted by Crippen LogP contribution is -2.07. The summed E-state index contributed by atoms with van der Waals surface area (Å²) in [4.78, 5) is 13.5. The van der Waals surface area contributed by atoms with Crippen molar-refractivity contribution in [2.24, 2.45) is 11.0 Å². The van der Waals surface area contributed by atoms with Crippen molar-refractivity contribution in [3.63, 3.8) is 0 Å². The molecule has 0 saturated heterocycles. The van der Waals surface area contributed by atoms with Crippen molar-refractivity contribution < 1.29 is 4.79 Å². The van der Waals surface area contributed by atoms with E-state index >= 15 is 0 Å². The van der Waals surface area contributed by atoms with E-state index in [0.29, 0.717) is 18.9 Å². The third-order valence-corrected chi connectivity index (χ3v) is 2.21. The molecule has 13 heavy (non-hydrogen) atoms. The summed E-state index contributed by atoms with van der Waals surface area (Å²) in [5.74, 6) is 0.734. The highest BCUT2D eigenvalue weighted by Crippen LogP contribution is 2.19. The van der Waals surface area contributed by atoms with Crippen LogP contribution in [0.5, 0.6) is 0 Å². The van der Waals surface area contributed by atoms with Gasteiger partial charge in [-0.2, -0.15) is 0 Å². The Morgan fingerprint density at radius 3 is 3.15 bits per heavy atom. The predicted octanol–water partition coefficient (Wildman–Crippen LogP) is 2.61. The van der Waals surface area contributed by atoms with Crippen molar-refractivity contribution in [2.45, 2.75) is 25.7 Å². The summed E-state index contributed by atoms with van der Waals surface area (Å²) in [5, 5.41) is 3.46. The van der Waals surface area contributed by atoms with E-state index in [1.165, 1.54) is 0 Å². The van der Waals surface area contributed by atoms with Gasteiger partial charge in [-0.1, -0.05) is 11.2 Å². The summed E-state index contributed by atoms with van der Waals surface area (Å²) < 4.78 is 0. The molecule has 4 heteroatoms. The second-order valence-electron chi connectivity index (χ2n) is 3.22. The lowest BCUT2D eigenvalue weighted by atomic mass is 9.91. The number of allylic oxidation sites excluding steroid dienone is 2. The molecule has 0 spiro atoms. The van der Waals surface area contributed by atoms with Crippen molar-refractivity contribution in [1.29, 1.82) is 0 Å². The van der Waals surface area contributed by atoms with Crippen molar-refractivity contribution in [1.82, 2.24) is 0 Å². The molecule has 0 fully saturated rings. The predicted molar refractivity (Wildman–Crippen MR) is 50.1 cm³/mol. The molecule has 0 aromatic carbocycles. The molecule has 4 nitrogen and oxygen atoms in total. The van der Waals surface area contributed by atoms with Crippen LogP contribution in [0.3, 0.4) is 0 Å². The molecule has 1 aliphatic rings. The lowest BCUT2D eigenvalue weighted by Gasteiger charge is -2.14. The Bertz CT molecular complexity index is 254. The Morgan fingerprint density at radius 1 is 1.69 bits per heavy atom. The van der Waals surface area contributed by atoms with Gasteiger partial charge in [-0.05, 0) is 36.8 Å². The minimum atomic E-state index is 0.228. The number of hydrogen-bond acceptors (Lipinski definition) is 2. The van der Waals surface area contributed by atoms with Crippen LogP contribution in [0.1, 0.15) is 25.7 Å². The van der Waals surface area contributed by atoms with Gasteiger partial charge in [-0.3, -0.25) is 4.79 Å². The van der Waals surface area contributed by atoms with Crippen molar-refractivity contribution in [3.05, 3.63) is 22.6 Å². The molecule has 70 valence electrons. The van der Waals surface area contributed by atoms with E-state index in [0.717, 1.165) is 19.3 Å². The fourth-order valence-corrected chi connectivity index (χ4v) is 1.46. The zero-order valence-electron chi connectivity index (χ0n) is 7.52. The van der Waals surface area contributed by atoms with Crippen molar-refractivity contribution in [3.8, 4) is 0 Å². The second kappa shape index (κ2) is 5.38. The number of carbonyl (C=O) groups excluding carboxylic acids is 1. The zero-order valence-corrected chi connectivity index (χ0v) is 7.52. The molecule has 1 aliphatic carbocycles. The summed E-state index contributed by atoms with van der Waals surface area (Å²) in [6, 6.07) is 0. The summed E-state index contributed by atoms with van der Waals surface area (Å²) in [7, 11) is 0. The van der Waals surface area contributed by atoms with Crippen LogP contribution in [0.4, 0.5) is 0 Å². The van der Waals surface area contributed by atoms with Gasteiger partial charge in [0.15, 0.2) is 5.78 Å². The van der Waals surface area contributed by atoms with E-state index < -0.39 is 0 Å². The number of hydrogen-bond donors (Lipinski definition) is 0. The largest absolute Gasteiger partial charge is 0.295 e. The lowest BCUT2D eigenvalue weighted by molar-refractivity contribution is -0.115. The van der Waals surface area contributed by atoms with Crippen LogP contribution in [-0.2, 0) is 4.79 Å². The maximum atomic E-state index is 10.8. The molecule has 0 aromatic heterocycles. The van der Waals surface area contributed by atoms with Gasteiger partial charge >= 0.3 is 0 Å². The number of rotatable bonds is 4. The molecule has 1 unspecified atom stereocenters. The Labute approximate surface area is 77.3 Å². The number of nitrogens with zero attached hydrogens (tertiary/aromatic N) is 3. The summed E-state index contributed by atoms with van der Waals surface area (Å²) in [5.41, 5.74) is 8.04. The average molecular weight is 179 g/mol. The van der Waals surface area contributed by atoms with Crippen LogP contribution in [-0.4, -0.2) is 12.3 Å². The second-order valence-corrected chi connectivity index (χ2v) is 3.22. The highest BCUT2D eigenvalue weighted by molar-refractivity contribution is 5.90. The number of azide groups is 1. The van der Waals surface area contributed by atoms with Gasteiger partial charge in [0, 0.05) is 17.9 Å². The topological polar surface area (TPSA) is 65.8 Å². The van der Waals surface area contributed by atoms with E-state index in [-0.39, 0.29) is 5.78 Å². The van der Waals surface area contributed by atoms with Crippen molar-refractivity contribution >= 4 is 5.78 Å². The first-order valence-corrected chi connectivity index (χ1v) is 4.55. The third-order valence-electron chi connectivity index (χ3n) is 2.21. The quantitative estimate of drug-likeness (QED) is 0.283. The fraction of sp³-hybridized carbons (Fsp3) is 0.667. The van der Waals surface area contributed by atoms with E-state index in [1.54, 1.807) is 6.08 Å². The van der Waals surface area contributed by atoms with Gasteiger partial charge in [0.05, 0.1) is 0 Å². The molecule has 0 N–H and O–H groups in total. The molecule has 0 radical (unpaired) electrons. The molecule has 0 bridgehead atoms. The smallest absolute Gasteiger partial charge is 0.155 e. The van der Waals surface area contributed by atoms with E-state index in [2.05, 4.69) is 10.0 Å². The third kappa shape index (κ3) is 3.76. The maximum absolute atomic E-state index is 10.8. The molecule has 1 rings (SSSR count). The Morgan fingerprint density at radius 2 is 2.54 bits per heavy atom. The standard InChI is InChI=1S/C9H13N3O/c10-12-11-7-1-2-8-3-5-9(13)6-4-8/h3,5,8H,1-2,4,6-7H2. The summed E-state index contributed by atoms with van der Waals surface area (Å²) in [6.45, 7) is 0.564. The molecule has 0 aliphatic heterocycles. The van der Waals surface area contributed by atoms with Crippen LogP contribution in [0.2, 0.25) is 0 Å². The van der Waals surface area contributed by atoms with Crippen LogP contribution in [0, 0.1) is 5.92 Å². The van der Waals surface area contributed by atoms with Crippen LogP contribution in [0.25, 0.3) is 10.4 Å². The monoisotopic (exact) mass is 179 g/mol. The minimum absolute atomic E-state index is 0.228. The first-order chi connectivity index (χ1) is 6.33. The maximum Gasteiger partial charge on any atom is 0.155 e. The number of ketones is 1. The fourth-order valence-electron chi connectivity index (χ4n) is 1.46. The molecule has 1 atom stereocenters. The molecule has 0 saturated carbocycles. The molecule has 0 aromatic rings. The van der Waals surface area contributed by atoms with Gasteiger partial charge in [-0.15, -0.1) is 0 Å². The average Bonchev–Trinajstić information content (AvgIpc) is 2.15. The highest BCUT2D eigenvalue weighted by atomic mass is 16.1. The van der Waals surface area contributed by atoms with Gasteiger partial charge < -0.3 is 0 Å². The number of carbonyl (C=O) groups is 1. The van der Waals surface area contributed by atoms with Crippen LogP contribution in [0.15, 0.2) is 17.3 Å². The van der Waals surface area contributed by atoms with E-state index in [4.69, 9.17) is 5.53 Å². The Hall–Kier alpha value is -1.28. The van der Waals surface area contributed by atoms with Gasteiger partial charge in [0.25, 0.3) is 0 Å². The highest BCUT2D eigenvalue weighted by Gasteiger charge is 2.11. The zero-order chi connectivity index (χ0) is 9.52. The van der Waals surface area contributed by atoms with Crippen molar-refractivity contribution in [2.75, 3.05) is 6.54 Å². The molecular weight excluding hydrogens is 166 g/mol. The normalized spacial score (nSPS) is 21.2. The van der Waals surface area contributed by atoms with Crippen LogP contribution >= 0.6 is 0 Å². The SMILES string of the molecule is [N-]=[N+]=NCCCC1C=CC(=O)CC1. The first kappa shape index (κ1) is 9.81. The van der Waals surface area contributed by atoms with Gasteiger partial charge in [-0.25, -0.2) is 0 Å². The molecule has 0 amide bonds. The van der Waals surface area contributed by atoms with Gasteiger partial charge in [0.2, 0.25) is 0 Å². The summed E-state index contributed by atoms with van der Waals surface area (Å²) >= 11 is 0. The van der Waals surface area contributed by atoms with Gasteiger partial charge in [0.1, 0.15) is 0 Å². The Balaban J connectivity index is 2.19. The summed E-state index contributed by atoms with van der Waals surface area (Å²) in [6.07, 6.45) is 7.19. The van der Waals surface area contributed by atoms with E-state index in [1.807, 2.05) is 6.08 Å². The first-order valence-electron chi connectivity index (χ1n) is 4.55. The Kier molecular flexibility index (Phi) is 4.06. The van der Waals surface area contributed by atoms with Crippen LogP contribution < -0.4 is 0 Å².